The van der Waals surface area contributed by atoms with E-state index in [1.54, 1.807) is 92.6 Å². The third-order valence-corrected chi connectivity index (χ3v) is 17.1. The largest absolute Gasteiger partial charge is 0.512 e. The van der Waals surface area contributed by atoms with Crippen LogP contribution in [0, 0.1) is 81.8 Å². The predicted octanol–water partition coefficient (Wildman–Crippen LogP) is 26.2. The Kier molecular flexibility index (Phi) is 72.8. The van der Waals surface area contributed by atoms with Crippen molar-refractivity contribution in [2.24, 2.45) is 0 Å². The summed E-state index contributed by atoms with van der Waals surface area (Å²) in [7, 11) is 1.89. The second kappa shape index (κ2) is 77.2. The maximum Gasteiger partial charge on any atom is 0.399 e. The predicted molar refractivity (Wildman–Crippen MR) is 533 cm³/mol. The molecule has 0 saturated heterocycles. The van der Waals surface area contributed by atoms with Crippen LogP contribution in [-0.2, 0) is 173 Å². The number of carbonyl (C=O) groups is 5. The number of aromatic carboxylic acids is 1. The van der Waals surface area contributed by atoms with E-state index in [4.69, 9.17) is 25.5 Å². The first-order chi connectivity index (χ1) is 66.0. The topological polar surface area (TPSA) is 302 Å². The van der Waals surface area contributed by atoms with Crippen LogP contribution in [0.2, 0.25) is 0 Å². The Balaban J connectivity index is -0.00000153. The van der Waals surface area contributed by atoms with Crippen LogP contribution < -0.4 is 5.32 Å². The number of alkyl halides is 3. The van der Waals surface area contributed by atoms with Crippen LogP contribution in [0.1, 0.15) is 99.3 Å². The van der Waals surface area contributed by atoms with Crippen LogP contribution in [0.15, 0.2) is 376 Å². The number of halogens is 5. The molecule has 0 atom stereocenters. The van der Waals surface area contributed by atoms with Gasteiger partial charge in [-0.1, -0.05) is 117 Å². The zero-order valence-electron chi connectivity index (χ0n) is 80.8. The molecule has 8 heterocycles. The maximum absolute atomic E-state index is 12.7. The summed E-state index contributed by atoms with van der Waals surface area (Å²) in [5, 5.41) is 47.2. The van der Waals surface area contributed by atoms with E-state index in [0.717, 1.165) is 91.3 Å². The number of allylic oxidation sites excluding steroid dienone is 8. The Labute approximate surface area is 939 Å². The first-order valence-corrected chi connectivity index (χ1v) is 42.5. The Morgan fingerprint density at radius 3 is 1.07 bits per heavy atom. The number of carbonyl (C=O) groups excluding carboxylic acids is 4. The number of aliphatic hydroxyl groups excluding tert-OH is 4. The van der Waals surface area contributed by atoms with Gasteiger partial charge in [0.05, 0.1) is 23.0 Å². The minimum absolute atomic E-state index is 0. The minimum Gasteiger partial charge on any atom is -0.512 e. The van der Waals surface area contributed by atoms with Gasteiger partial charge in [0, 0.05) is 233 Å². The molecule has 0 saturated carbocycles. The monoisotopic (exact) mass is 3210 g/mol. The molecule has 0 amide bonds. The van der Waals surface area contributed by atoms with E-state index in [1.807, 2.05) is 190 Å². The summed E-state index contributed by atoms with van der Waals surface area (Å²) in [6.45, 7) is 19.9. The number of aliphatic hydroxyl groups is 4. The first kappa shape index (κ1) is 137. The van der Waals surface area contributed by atoms with Gasteiger partial charge in [-0.15, -0.1) is 232 Å². The third-order valence-electron chi connectivity index (χ3n) is 17.1. The van der Waals surface area contributed by atoms with Gasteiger partial charge in [-0.2, -0.15) is 13.2 Å². The molecular formula is C114H105F5Ir7N9O10-7. The average Bonchev–Trinajstić information content (AvgIpc) is 0.816. The molecule has 6 N–H and O–H groups in total. The van der Waals surface area contributed by atoms with Crippen molar-refractivity contribution in [3.63, 3.8) is 0 Å². The number of hydrogen-bond acceptors (Lipinski definition) is 18. The molecule has 0 fully saturated rings. The zero-order chi connectivity index (χ0) is 101. The molecule has 0 aliphatic rings. The summed E-state index contributed by atoms with van der Waals surface area (Å²) >= 11 is 0. The minimum atomic E-state index is -4.38. The van der Waals surface area contributed by atoms with Gasteiger partial charge in [0.1, 0.15) is 5.69 Å². The summed E-state index contributed by atoms with van der Waals surface area (Å²) < 4.78 is 63.2. The van der Waals surface area contributed by atoms with Crippen molar-refractivity contribution in [3.8, 4) is 78.8 Å². The number of fused-ring (bicyclic) bond motifs is 1. The quantitative estimate of drug-likeness (QED) is 0.0255. The summed E-state index contributed by atoms with van der Waals surface area (Å²) in [6.07, 6.45) is 14.0. The summed E-state index contributed by atoms with van der Waals surface area (Å²) in [5.74, 6) is -1.80. The van der Waals surface area contributed by atoms with Crippen molar-refractivity contribution in [2.75, 3.05) is 7.05 Å². The van der Waals surface area contributed by atoms with Gasteiger partial charge < -0.3 is 65.7 Å². The van der Waals surface area contributed by atoms with E-state index in [9.17, 15) is 45.9 Å². The van der Waals surface area contributed by atoms with Gasteiger partial charge in [0.2, 0.25) is 0 Å². The van der Waals surface area contributed by atoms with Crippen LogP contribution in [0.3, 0.4) is 0 Å². The van der Waals surface area contributed by atoms with Gasteiger partial charge in [0.15, 0.2) is 23.1 Å². The molecule has 16 rings (SSSR count). The van der Waals surface area contributed by atoms with Crippen LogP contribution in [-0.4, -0.2) is 102 Å². The van der Waals surface area contributed by atoms with Gasteiger partial charge in [-0.3, -0.25) is 28.0 Å². The number of aromatic nitrogens is 8. The van der Waals surface area contributed by atoms with Crippen molar-refractivity contribution in [3.05, 3.63) is 469 Å². The third kappa shape index (κ3) is 59.0. The van der Waals surface area contributed by atoms with Crippen molar-refractivity contribution in [1.82, 2.24) is 45.2 Å². The fourth-order valence-electron chi connectivity index (χ4n) is 11.3. The van der Waals surface area contributed by atoms with Crippen LogP contribution in [0.25, 0.3) is 89.6 Å². The number of aryl methyl sites for hydroxylation is 4. The molecule has 8 aromatic heterocycles. The first-order valence-electron chi connectivity index (χ1n) is 42.5. The van der Waals surface area contributed by atoms with Crippen molar-refractivity contribution in [2.45, 2.75) is 95.8 Å². The van der Waals surface area contributed by atoms with E-state index in [2.05, 4.69) is 126 Å². The number of rotatable bonds is 14. The van der Waals surface area contributed by atoms with Crippen molar-refractivity contribution >= 4 is 39.9 Å². The molecule has 31 heteroatoms. The van der Waals surface area contributed by atoms with Gasteiger partial charge in [-0.05, 0) is 186 Å². The number of ketones is 4. The maximum atomic E-state index is 12.7. The summed E-state index contributed by atoms with van der Waals surface area (Å²) in [4.78, 5) is 83.4. The van der Waals surface area contributed by atoms with E-state index in [-0.39, 0.29) is 204 Å². The molecule has 16 aromatic rings. The van der Waals surface area contributed by atoms with Gasteiger partial charge >= 0.3 is 12.1 Å². The number of carboxylic acids is 1. The average molecular weight is 3200 g/mol. The molecule has 0 aliphatic heterocycles. The number of pyridine rings is 8. The smallest absolute Gasteiger partial charge is 0.399 e. The fraction of sp³-hybridized carbons (Fsp3) is 0.132. The SMILES string of the molecule is CC(=O)C=C(C)O.CC(=O)C=C(C)O.CC(=O)C=C(C)O.CC(=O)C=C(C)O.CNCc1ccnc(-c2[c-]cc(F)cc2)c1.Cc1c[c-]c(-c2ccccn2)cc1.Cc1cc(-c2ccccn2)[c-]c(C(F)(F)F)c1.Cc1cc[c-]c(-c2ccccn2)c1.Cc1ccnc(-c2[c-]cc(F)cc2)c1.O=C(O)c1ccccn1.[Ir].[Ir].[Ir].[Ir].[Ir].[Ir].[Ir].[c-]1ccccc1-c1ccccn1.[c-]1ccccc1-c1nccc2ccccc12. The Bertz CT molecular complexity index is 6360. The molecule has 19 nitrogen and oxygen atoms in total. The van der Waals surface area contributed by atoms with Crippen molar-refractivity contribution < 1.29 is 212 Å². The van der Waals surface area contributed by atoms with E-state index >= 15 is 0 Å². The molecular weight excluding hydrogens is 3100 g/mol. The molecule has 0 bridgehead atoms. The number of hydrogen-bond donors (Lipinski definition) is 6. The zero-order valence-corrected chi connectivity index (χ0v) is 97.5. The molecule has 0 aliphatic carbocycles. The van der Waals surface area contributed by atoms with Gasteiger partial charge in [0.25, 0.3) is 0 Å². The molecule has 7 radical (unpaired) electrons. The summed E-state index contributed by atoms with van der Waals surface area (Å²) in [6, 6.07) is 106. The van der Waals surface area contributed by atoms with Gasteiger partial charge in [-0.25, -0.2) is 9.78 Å². The fourth-order valence-corrected chi connectivity index (χ4v) is 11.3. The Morgan fingerprint density at radius 1 is 0.324 bits per heavy atom. The van der Waals surface area contributed by atoms with E-state index in [0.29, 0.717) is 16.8 Å². The molecule has 771 valence electrons. The Hall–Kier alpha value is -12.3. The normalized spacial score (nSPS) is 9.97. The molecule has 0 unspecified atom stereocenters. The van der Waals surface area contributed by atoms with Crippen LogP contribution >= 0.6 is 0 Å². The Morgan fingerprint density at radius 2 is 0.697 bits per heavy atom. The number of benzene rings is 8. The van der Waals surface area contributed by atoms with E-state index < -0.39 is 17.7 Å². The number of nitrogens with one attached hydrogen (secondary N) is 1. The standard InChI is InChI=1S/C15H10N.C13H9F3N.C13H12FN2.C12H9FN.2C12H10N.C11H8N.C6H5NO2.4C5H8O2.7Ir/c1-2-7-13(8-3-1)15-14-9-5-4-6-12(14)10-11-16-15;1-9-6-10(12-4-2-3-5-17-12)8-11(7-9)13(14,15)16;1-15-9-10-6-7-16-13(8-10)11-2-4-12(14)5-3-11;1-9-6-7-14-12(8-9)10-2-4-11(13)5-3-10;1-10-5-4-6-11(9-10)12-7-2-3-8-13-12;1-10-5-7-11(8-6-10)12-4-2-3-9-13-12;1-2-6-10(7-3-1)11-8-4-5-9-12-11;8-6(9)5-3-1-2-4-7-5;4*1-4(6)3-5(2)7;;;;;;;/h1-7,9-11H;2-7H,1H3;2,4-8,15H,9H2,1H3;2,4-8H,1H3;2-5,7-9H,1H3;2-7,9H,1H3;1-6,8-9H;1-4H,(H,8,9);4*3,6H,1-2H3;;;;;;;/q7*-1;;;;;;;;;;;;. The number of carboxylic acid groups (broad SMARTS) is 1. The van der Waals surface area contributed by atoms with Crippen LogP contribution in [0.4, 0.5) is 22.0 Å². The summed E-state index contributed by atoms with van der Waals surface area (Å²) in [5.41, 5.74) is 16.8. The molecule has 0 spiro atoms. The number of nitrogens with zero attached hydrogens (tertiary/aromatic N) is 8. The van der Waals surface area contributed by atoms with E-state index in [1.165, 1.54) is 138 Å². The van der Waals surface area contributed by atoms with Crippen LogP contribution in [0.5, 0.6) is 0 Å². The second-order valence-corrected chi connectivity index (χ2v) is 29.6. The molecule has 8 aromatic carbocycles. The van der Waals surface area contributed by atoms with Crippen molar-refractivity contribution in [1.29, 1.82) is 0 Å². The second-order valence-electron chi connectivity index (χ2n) is 29.6. The molecule has 145 heavy (non-hydrogen) atoms.